The lowest BCUT2D eigenvalue weighted by atomic mass is 9.79. The molecule has 0 saturated heterocycles. The van der Waals surface area contributed by atoms with Gasteiger partial charge in [-0.3, -0.25) is 4.79 Å². The van der Waals surface area contributed by atoms with Crippen LogP contribution in [0.15, 0.2) is 36.4 Å². The number of aromatic hydroxyl groups is 1. The third-order valence-electron chi connectivity index (χ3n) is 7.04. The Kier molecular flexibility index (Phi) is 7.61. The van der Waals surface area contributed by atoms with Crippen LogP contribution in [0.4, 0.5) is 4.39 Å². The van der Waals surface area contributed by atoms with Gasteiger partial charge in [0.15, 0.2) is 11.6 Å². The van der Waals surface area contributed by atoms with Crippen LogP contribution < -0.4 is 9.47 Å². The number of fused-ring (bicyclic) bond motifs is 1. The molecule has 6 nitrogen and oxygen atoms in total. The molecule has 0 spiro atoms. The molecule has 184 valence electrons. The molecule has 0 radical (unpaired) electrons. The summed E-state index contributed by atoms with van der Waals surface area (Å²) in [5.74, 6) is 0.914. The highest BCUT2D eigenvalue weighted by Crippen LogP contribution is 2.36. The third kappa shape index (κ3) is 5.63. The molecule has 1 aliphatic heterocycles. The highest BCUT2D eigenvalue weighted by molar-refractivity contribution is 5.99. The average Bonchev–Trinajstić information content (AvgIpc) is 3.12. The molecule has 1 saturated carbocycles. The summed E-state index contributed by atoms with van der Waals surface area (Å²) >= 11 is 0. The van der Waals surface area contributed by atoms with Crippen molar-refractivity contribution in [1.29, 1.82) is 0 Å². The van der Waals surface area contributed by atoms with E-state index in [0.29, 0.717) is 37.1 Å². The van der Waals surface area contributed by atoms with E-state index in [1.165, 1.54) is 6.07 Å². The number of nitrogens with zero attached hydrogens (tertiary/aromatic N) is 2. The van der Waals surface area contributed by atoms with E-state index in [4.69, 9.17) is 9.47 Å². The SMILES string of the molecule is CC(Oc1cccc(OCCN(C)C)c1)[C@H]1CC[C@H](CN2Cc3ccc(O)c(F)c3C2=O)CC1. The van der Waals surface area contributed by atoms with E-state index >= 15 is 0 Å². The zero-order chi connectivity index (χ0) is 24.2. The standard InChI is InChI=1S/C27H35FN2O4/c1-18(34-23-6-4-5-22(15-23)33-14-13-29(2)3)20-9-7-19(8-10-20)16-30-17-21-11-12-24(31)26(28)25(21)27(30)32/h4-6,11-12,15,18-20,31H,7-10,13-14,16-17H2,1-3H3/t18?,19-,20-. The normalized spacial score (nSPS) is 21.0. The first-order chi connectivity index (χ1) is 16.3. The fourth-order valence-corrected chi connectivity index (χ4v) is 5.00. The zero-order valence-corrected chi connectivity index (χ0v) is 20.3. The highest BCUT2D eigenvalue weighted by atomic mass is 19.1. The van der Waals surface area contributed by atoms with E-state index in [1.807, 2.05) is 38.4 Å². The number of phenolic OH excluding ortho intramolecular Hbond substituents is 1. The Labute approximate surface area is 201 Å². The molecule has 1 heterocycles. The summed E-state index contributed by atoms with van der Waals surface area (Å²) in [6, 6.07) is 10.8. The van der Waals surface area contributed by atoms with Gasteiger partial charge in [-0.2, -0.15) is 0 Å². The van der Waals surface area contributed by atoms with Crippen molar-refractivity contribution in [1.82, 2.24) is 9.80 Å². The fourth-order valence-electron chi connectivity index (χ4n) is 5.00. The predicted molar refractivity (Wildman–Crippen MR) is 129 cm³/mol. The lowest BCUT2D eigenvalue weighted by Gasteiger charge is -2.34. The van der Waals surface area contributed by atoms with E-state index in [2.05, 4.69) is 11.8 Å². The number of hydrogen-bond acceptors (Lipinski definition) is 5. The second kappa shape index (κ2) is 10.6. The molecule has 1 fully saturated rings. The number of amides is 1. The van der Waals surface area contributed by atoms with Gasteiger partial charge >= 0.3 is 0 Å². The minimum atomic E-state index is -0.799. The lowest BCUT2D eigenvalue weighted by molar-refractivity contribution is 0.0682. The quantitative estimate of drug-likeness (QED) is 0.576. The van der Waals surface area contributed by atoms with Gasteiger partial charge in [0.2, 0.25) is 0 Å². The fraction of sp³-hybridized carbons (Fsp3) is 0.519. The second-order valence-corrected chi connectivity index (χ2v) is 9.85. The van der Waals surface area contributed by atoms with Gasteiger partial charge in [-0.15, -0.1) is 0 Å². The first kappa shape index (κ1) is 24.3. The summed E-state index contributed by atoms with van der Waals surface area (Å²) in [7, 11) is 4.04. The van der Waals surface area contributed by atoms with Gasteiger partial charge in [0.05, 0.1) is 11.7 Å². The molecule has 34 heavy (non-hydrogen) atoms. The molecule has 1 N–H and O–H groups in total. The molecule has 7 heteroatoms. The number of hydrogen-bond donors (Lipinski definition) is 1. The predicted octanol–water partition coefficient (Wildman–Crippen LogP) is 4.70. The molecule has 1 amide bonds. The number of ether oxygens (including phenoxy) is 2. The van der Waals surface area contributed by atoms with Crippen LogP contribution in [0.5, 0.6) is 17.2 Å². The zero-order valence-electron chi connectivity index (χ0n) is 20.3. The topological polar surface area (TPSA) is 62.2 Å². The minimum absolute atomic E-state index is 0.0311. The molecule has 2 aromatic rings. The smallest absolute Gasteiger partial charge is 0.257 e. The van der Waals surface area contributed by atoms with Crippen molar-refractivity contribution in [3.8, 4) is 17.2 Å². The average molecular weight is 471 g/mol. The maximum Gasteiger partial charge on any atom is 0.257 e. The van der Waals surface area contributed by atoms with Crippen molar-refractivity contribution in [2.24, 2.45) is 11.8 Å². The number of benzene rings is 2. The van der Waals surface area contributed by atoms with Crippen LogP contribution in [-0.2, 0) is 6.54 Å². The van der Waals surface area contributed by atoms with Crippen LogP contribution in [0.1, 0.15) is 48.5 Å². The maximum atomic E-state index is 14.2. The molecule has 1 unspecified atom stereocenters. The van der Waals surface area contributed by atoms with Crippen LogP contribution in [0.25, 0.3) is 0 Å². The third-order valence-corrected chi connectivity index (χ3v) is 7.04. The van der Waals surface area contributed by atoms with Gasteiger partial charge in [0.1, 0.15) is 18.1 Å². The Hall–Kier alpha value is -2.80. The van der Waals surface area contributed by atoms with E-state index in [-0.39, 0.29) is 17.6 Å². The van der Waals surface area contributed by atoms with Crippen LogP contribution in [0.2, 0.25) is 0 Å². The monoisotopic (exact) mass is 470 g/mol. The summed E-state index contributed by atoms with van der Waals surface area (Å²) in [4.78, 5) is 16.5. The molecule has 1 atom stereocenters. The number of rotatable bonds is 9. The van der Waals surface area contributed by atoms with E-state index in [9.17, 15) is 14.3 Å². The van der Waals surface area contributed by atoms with Crippen molar-refractivity contribution >= 4 is 5.91 Å². The maximum absolute atomic E-state index is 14.2. The van der Waals surface area contributed by atoms with Crippen LogP contribution in [0.3, 0.4) is 0 Å². The Balaban J connectivity index is 1.25. The van der Waals surface area contributed by atoms with Gasteiger partial charge in [0, 0.05) is 25.7 Å². The number of halogens is 1. The van der Waals surface area contributed by atoms with Crippen molar-refractivity contribution < 1.29 is 23.8 Å². The Morgan fingerprint density at radius 2 is 1.88 bits per heavy atom. The Morgan fingerprint density at radius 1 is 1.15 bits per heavy atom. The van der Waals surface area contributed by atoms with Gasteiger partial charge in [-0.05, 0) is 82.3 Å². The first-order valence-electron chi connectivity index (χ1n) is 12.2. The molecular weight excluding hydrogens is 435 g/mol. The molecule has 2 aliphatic rings. The number of phenols is 1. The van der Waals surface area contributed by atoms with Crippen molar-refractivity contribution in [2.75, 3.05) is 33.8 Å². The Bertz CT molecular complexity index is 1000. The molecule has 0 bridgehead atoms. The van der Waals surface area contributed by atoms with Gasteiger partial charge in [-0.1, -0.05) is 12.1 Å². The van der Waals surface area contributed by atoms with Crippen molar-refractivity contribution in [3.63, 3.8) is 0 Å². The number of carbonyl (C=O) groups is 1. The molecule has 2 aromatic carbocycles. The van der Waals surface area contributed by atoms with E-state index in [0.717, 1.165) is 43.7 Å². The highest BCUT2D eigenvalue weighted by Gasteiger charge is 2.34. The van der Waals surface area contributed by atoms with E-state index < -0.39 is 11.6 Å². The summed E-state index contributed by atoms with van der Waals surface area (Å²) in [5, 5.41) is 9.60. The summed E-state index contributed by atoms with van der Waals surface area (Å²) in [6.07, 6.45) is 4.19. The van der Waals surface area contributed by atoms with Crippen LogP contribution in [-0.4, -0.2) is 60.7 Å². The van der Waals surface area contributed by atoms with Crippen molar-refractivity contribution in [2.45, 2.75) is 45.3 Å². The van der Waals surface area contributed by atoms with E-state index in [1.54, 1.807) is 11.0 Å². The molecular formula is C27H35FN2O4. The van der Waals surface area contributed by atoms with Crippen LogP contribution >= 0.6 is 0 Å². The Morgan fingerprint density at radius 3 is 2.62 bits per heavy atom. The first-order valence-corrected chi connectivity index (χ1v) is 12.2. The number of likely N-dealkylation sites (N-methyl/N-ethyl adjacent to an activating group) is 1. The van der Waals surface area contributed by atoms with Gasteiger partial charge in [0.25, 0.3) is 5.91 Å². The minimum Gasteiger partial charge on any atom is -0.505 e. The lowest BCUT2D eigenvalue weighted by Crippen LogP contribution is -2.34. The molecule has 1 aliphatic carbocycles. The largest absolute Gasteiger partial charge is 0.505 e. The molecule has 4 rings (SSSR count). The molecule has 0 aromatic heterocycles. The van der Waals surface area contributed by atoms with Gasteiger partial charge < -0.3 is 24.4 Å². The van der Waals surface area contributed by atoms with Crippen molar-refractivity contribution in [3.05, 3.63) is 53.3 Å². The summed E-state index contributed by atoms with van der Waals surface area (Å²) < 4.78 is 26.3. The van der Waals surface area contributed by atoms with Crippen LogP contribution in [0, 0.1) is 17.7 Å². The summed E-state index contributed by atoms with van der Waals surface area (Å²) in [5.41, 5.74) is 0.688. The summed E-state index contributed by atoms with van der Waals surface area (Å²) in [6.45, 7) is 4.66. The second-order valence-electron chi connectivity index (χ2n) is 9.85. The number of carbonyl (C=O) groups excluding carboxylic acids is 1. The van der Waals surface area contributed by atoms with Gasteiger partial charge in [-0.25, -0.2) is 4.39 Å².